The molecule has 0 bridgehead atoms. The Bertz CT molecular complexity index is 1010. The molecule has 0 N–H and O–H groups in total. The van der Waals surface area contributed by atoms with Gasteiger partial charge in [-0.2, -0.15) is 0 Å². The van der Waals surface area contributed by atoms with Gasteiger partial charge < -0.3 is 0 Å². The van der Waals surface area contributed by atoms with Gasteiger partial charge in [0.05, 0.1) is 0 Å². The fraction of sp³-hybridized carbons (Fsp3) is 0. The molecular formula is C22H14I2. The van der Waals surface area contributed by atoms with Crippen molar-refractivity contribution in [3.8, 4) is 22.3 Å². The van der Waals surface area contributed by atoms with Crippen LogP contribution >= 0.6 is 45.2 Å². The second-order valence-corrected chi connectivity index (χ2v) is 7.95. The van der Waals surface area contributed by atoms with Gasteiger partial charge >= 0.3 is 0 Å². The standard InChI is InChI=1S/C22H14I2/c23-21-14-19(16-9-5-2-6-10-16)22(24)18-12-11-17(13-20(18)21)15-7-3-1-4-8-15/h1-14H. The normalized spacial score (nSPS) is 10.9. The lowest BCUT2D eigenvalue weighted by molar-refractivity contribution is 1.59. The van der Waals surface area contributed by atoms with E-state index in [0.29, 0.717) is 0 Å². The van der Waals surface area contributed by atoms with Crippen molar-refractivity contribution in [2.45, 2.75) is 0 Å². The van der Waals surface area contributed by atoms with Gasteiger partial charge in [0.2, 0.25) is 0 Å². The molecule has 24 heavy (non-hydrogen) atoms. The first kappa shape index (κ1) is 16.1. The fourth-order valence-corrected chi connectivity index (χ4v) is 4.68. The molecule has 0 saturated carbocycles. The highest BCUT2D eigenvalue weighted by Crippen LogP contribution is 2.36. The second-order valence-electron chi connectivity index (χ2n) is 5.71. The van der Waals surface area contributed by atoms with Crippen LogP contribution in [0.4, 0.5) is 0 Å². The minimum atomic E-state index is 1.26. The molecular weight excluding hydrogens is 518 g/mol. The van der Waals surface area contributed by atoms with Crippen LogP contribution in [0.5, 0.6) is 0 Å². The summed E-state index contributed by atoms with van der Waals surface area (Å²) < 4.78 is 2.61. The number of fused-ring (bicyclic) bond motifs is 1. The first-order valence-corrected chi connectivity index (χ1v) is 9.92. The molecule has 0 aliphatic rings. The van der Waals surface area contributed by atoms with Crippen LogP contribution in [0.1, 0.15) is 0 Å². The second kappa shape index (κ2) is 6.84. The maximum Gasteiger partial charge on any atom is 0.0287 e. The Hall–Kier alpha value is -1.40. The highest BCUT2D eigenvalue weighted by Gasteiger charge is 2.11. The summed E-state index contributed by atoms with van der Waals surface area (Å²) in [6.07, 6.45) is 0. The van der Waals surface area contributed by atoms with Crippen LogP contribution in [-0.2, 0) is 0 Å². The number of halogens is 2. The molecule has 0 saturated heterocycles. The molecule has 0 aliphatic heterocycles. The van der Waals surface area contributed by atoms with Crippen molar-refractivity contribution in [2.75, 3.05) is 0 Å². The van der Waals surface area contributed by atoms with Crippen LogP contribution in [0.3, 0.4) is 0 Å². The highest BCUT2D eigenvalue weighted by molar-refractivity contribution is 14.1. The van der Waals surface area contributed by atoms with Gasteiger partial charge in [-0.3, -0.25) is 0 Å². The largest absolute Gasteiger partial charge is 0.0622 e. The van der Waals surface area contributed by atoms with E-state index in [9.17, 15) is 0 Å². The predicted octanol–water partition coefficient (Wildman–Crippen LogP) is 7.38. The zero-order valence-corrected chi connectivity index (χ0v) is 17.2. The molecule has 0 amide bonds. The molecule has 0 aromatic heterocycles. The smallest absolute Gasteiger partial charge is 0.0287 e. The van der Waals surface area contributed by atoms with Crippen LogP contribution in [0, 0.1) is 7.14 Å². The lowest BCUT2D eigenvalue weighted by Crippen LogP contribution is -1.90. The fourth-order valence-electron chi connectivity index (χ4n) is 2.98. The first-order chi connectivity index (χ1) is 11.7. The van der Waals surface area contributed by atoms with Crippen molar-refractivity contribution in [1.29, 1.82) is 0 Å². The highest BCUT2D eigenvalue weighted by atomic mass is 127. The van der Waals surface area contributed by atoms with Gasteiger partial charge in [0.1, 0.15) is 0 Å². The van der Waals surface area contributed by atoms with Gasteiger partial charge in [0.15, 0.2) is 0 Å². The van der Waals surface area contributed by atoms with E-state index in [2.05, 4.69) is 130 Å². The number of hydrogen-bond acceptors (Lipinski definition) is 0. The average Bonchev–Trinajstić information content (AvgIpc) is 2.66. The molecule has 0 spiro atoms. The van der Waals surface area contributed by atoms with Crippen molar-refractivity contribution in [1.82, 2.24) is 0 Å². The molecule has 0 heterocycles. The summed E-state index contributed by atoms with van der Waals surface area (Å²) >= 11 is 4.94. The summed E-state index contributed by atoms with van der Waals surface area (Å²) in [7, 11) is 0. The molecule has 2 heteroatoms. The quantitative estimate of drug-likeness (QED) is 0.237. The lowest BCUT2D eigenvalue weighted by Gasteiger charge is -2.12. The average molecular weight is 532 g/mol. The summed E-state index contributed by atoms with van der Waals surface area (Å²) in [5.74, 6) is 0. The van der Waals surface area contributed by atoms with E-state index in [1.54, 1.807) is 0 Å². The summed E-state index contributed by atoms with van der Waals surface area (Å²) in [6.45, 7) is 0. The molecule has 4 aromatic rings. The van der Waals surface area contributed by atoms with Crippen molar-refractivity contribution in [3.63, 3.8) is 0 Å². The minimum absolute atomic E-state index is 1.26. The summed E-state index contributed by atoms with van der Waals surface area (Å²) in [5.41, 5.74) is 5.11. The molecule has 4 rings (SSSR count). The molecule has 0 aliphatic carbocycles. The molecule has 4 aromatic carbocycles. The van der Waals surface area contributed by atoms with E-state index in [1.165, 1.54) is 40.2 Å². The van der Waals surface area contributed by atoms with E-state index in [4.69, 9.17) is 0 Å². The van der Waals surface area contributed by atoms with E-state index >= 15 is 0 Å². The van der Waals surface area contributed by atoms with E-state index in [1.807, 2.05) is 0 Å². The van der Waals surface area contributed by atoms with Gasteiger partial charge in [-0.25, -0.2) is 0 Å². The topological polar surface area (TPSA) is 0 Å². The van der Waals surface area contributed by atoms with Crippen LogP contribution < -0.4 is 0 Å². The Morgan fingerprint density at radius 2 is 1.12 bits per heavy atom. The van der Waals surface area contributed by atoms with Gasteiger partial charge in [0.25, 0.3) is 0 Å². The lowest BCUT2D eigenvalue weighted by atomic mass is 9.98. The Kier molecular flexibility index (Phi) is 4.59. The maximum atomic E-state index is 2.48. The zero-order valence-electron chi connectivity index (χ0n) is 12.8. The molecule has 0 unspecified atom stereocenters. The van der Waals surface area contributed by atoms with Gasteiger partial charge in [0, 0.05) is 7.14 Å². The minimum Gasteiger partial charge on any atom is -0.0622 e. The number of benzene rings is 4. The first-order valence-electron chi connectivity index (χ1n) is 7.76. The van der Waals surface area contributed by atoms with Crippen molar-refractivity contribution in [2.24, 2.45) is 0 Å². The van der Waals surface area contributed by atoms with E-state index in [0.717, 1.165) is 0 Å². The van der Waals surface area contributed by atoms with Gasteiger partial charge in [-0.05, 0) is 90.3 Å². The third kappa shape index (κ3) is 2.97. The number of rotatable bonds is 2. The SMILES string of the molecule is Ic1cc(-c2ccccc2)c(I)c2ccc(-c3ccccc3)cc12. The number of hydrogen-bond donors (Lipinski definition) is 0. The molecule has 0 fully saturated rings. The van der Waals surface area contributed by atoms with Gasteiger partial charge in [-0.1, -0.05) is 72.8 Å². The van der Waals surface area contributed by atoms with E-state index in [-0.39, 0.29) is 0 Å². The molecule has 0 radical (unpaired) electrons. The maximum absolute atomic E-state index is 2.48. The Labute approximate surface area is 169 Å². The van der Waals surface area contributed by atoms with Crippen LogP contribution in [0.15, 0.2) is 84.9 Å². The van der Waals surface area contributed by atoms with Crippen LogP contribution in [0.2, 0.25) is 0 Å². The third-order valence-corrected chi connectivity index (χ3v) is 6.27. The zero-order chi connectivity index (χ0) is 16.5. The van der Waals surface area contributed by atoms with Crippen LogP contribution in [0.25, 0.3) is 33.0 Å². The van der Waals surface area contributed by atoms with Crippen LogP contribution in [-0.4, -0.2) is 0 Å². The summed E-state index contributed by atoms with van der Waals surface area (Å²) in [4.78, 5) is 0. The Morgan fingerprint density at radius 1 is 0.500 bits per heavy atom. The monoisotopic (exact) mass is 532 g/mol. The molecule has 0 atom stereocenters. The predicted molar refractivity (Wildman–Crippen MR) is 120 cm³/mol. The van der Waals surface area contributed by atoms with Crippen molar-refractivity contribution in [3.05, 3.63) is 92.1 Å². The Balaban J connectivity index is 1.93. The van der Waals surface area contributed by atoms with E-state index < -0.39 is 0 Å². The third-order valence-electron chi connectivity index (χ3n) is 4.21. The summed E-state index contributed by atoms with van der Waals surface area (Å²) in [6, 6.07) is 30.3. The van der Waals surface area contributed by atoms with Crippen molar-refractivity contribution >= 4 is 56.0 Å². The van der Waals surface area contributed by atoms with Gasteiger partial charge in [-0.15, -0.1) is 0 Å². The Morgan fingerprint density at radius 3 is 1.79 bits per heavy atom. The summed E-state index contributed by atoms with van der Waals surface area (Å²) in [5, 5.41) is 2.64. The molecule has 0 nitrogen and oxygen atoms in total. The van der Waals surface area contributed by atoms with Crippen molar-refractivity contribution < 1.29 is 0 Å². The molecule has 116 valence electrons.